The van der Waals surface area contributed by atoms with Crippen LogP contribution in [0.1, 0.15) is 16.1 Å². The Hall–Kier alpha value is -2.54. The number of aldehydes is 1. The summed E-state index contributed by atoms with van der Waals surface area (Å²) >= 11 is 0. The minimum Gasteiger partial charge on any atom is -0.437 e. The zero-order valence-corrected chi connectivity index (χ0v) is 9.25. The minimum absolute atomic E-state index is 0.265. The highest BCUT2D eigenvalue weighted by atomic mass is 16.4. The van der Waals surface area contributed by atoms with Crippen molar-refractivity contribution in [2.75, 3.05) is 11.9 Å². The van der Waals surface area contributed by atoms with E-state index in [1.165, 1.54) is 0 Å². The molecule has 4 heteroatoms. The highest BCUT2D eigenvalue weighted by molar-refractivity contribution is 5.73. The van der Waals surface area contributed by atoms with Gasteiger partial charge in [0.25, 0.3) is 0 Å². The Morgan fingerprint density at radius 3 is 2.71 bits per heavy atom. The van der Waals surface area contributed by atoms with E-state index in [1.807, 2.05) is 12.1 Å². The molecule has 0 N–H and O–H groups in total. The van der Waals surface area contributed by atoms with E-state index in [4.69, 9.17) is 9.68 Å². The first-order valence-electron chi connectivity index (χ1n) is 5.04. The fraction of sp³-hybridized carbons (Fsp3) is 0.0769. The van der Waals surface area contributed by atoms with Gasteiger partial charge in [-0.1, -0.05) is 12.1 Å². The number of para-hydroxylation sites is 1. The number of nitriles is 1. The lowest BCUT2D eigenvalue weighted by Crippen LogP contribution is -2.09. The maximum absolute atomic E-state index is 10.5. The zero-order valence-electron chi connectivity index (χ0n) is 9.25. The van der Waals surface area contributed by atoms with Crippen LogP contribution in [-0.4, -0.2) is 13.3 Å². The van der Waals surface area contributed by atoms with E-state index < -0.39 is 0 Å². The SMILES string of the molecule is CN(c1ccc(C=O)o1)c1ccccc1C#N. The van der Waals surface area contributed by atoms with E-state index in [0.717, 1.165) is 5.69 Å². The van der Waals surface area contributed by atoms with Crippen molar-refractivity contribution in [3.05, 3.63) is 47.7 Å². The second-order valence-electron chi connectivity index (χ2n) is 3.48. The van der Waals surface area contributed by atoms with Crippen molar-refractivity contribution in [3.63, 3.8) is 0 Å². The smallest absolute Gasteiger partial charge is 0.200 e. The first-order valence-corrected chi connectivity index (χ1v) is 5.04. The van der Waals surface area contributed by atoms with Gasteiger partial charge in [0.2, 0.25) is 5.88 Å². The van der Waals surface area contributed by atoms with Crippen LogP contribution in [0.25, 0.3) is 0 Å². The van der Waals surface area contributed by atoms with Gasteiger partial charge in [-0.05, 0) is 18.2 Å². The van der Waals surface area contributed by atoms with Gasteiger partial charge in [-0.2, -0.15) is 5.26 Å². The summed E-state index contributed by atoms with van der Waals surface area (Å²) in [5, 5.41) is 9.00. The van der Waals surface area contributed by atoms with Crippen LogP contribution in [-0.2, 0) is 0 Å². The average molecular weight is 226 g/mol. The molecule has 0 fully saturated rings. The number of anilines is 2. The Labute approximate surface area is 98.7 Å². The number of carbonyl (C=O) groups excluding carboxylic acids is 1. The molecule has 1 heterocycles. The van der Waals surface area contributed by atoms with Crippen molar-refractivity contribution >= 4 is 17.9 Å². The van der Waals surface area contributed by atoms with Gasteiger partial charge in [0.15, 0.2) is 12.0 Å². The first kappa shape index (κ1) is 11.0. The quantitative estimate of drug-likeness (QED) is 0.755. The lowest BCUT2D eigenvalue weighted by atomic mass is 10.2. The molecule has 1 aromatic carbocycles. The molecule has 0 spiro atoms. The Balaban J connectivity index is 2.40. The van der Waals surface area contributed by atoms with E-state index in [0.29, 0.717) is 17.7 Å². The second kappa shape index (κ2) is 4.54. The van der Waals surface area contributed by atoms with Crippen molar-refractivity contribution in [1.29, 1.82) is 5.26 Å². The molecular weight excluding hydrogens is 216 g/mol. The summed E-state index contributed by atoms with van der Waals surface area (Å²) in [6, 6.07) is 12.6. The molecule has 0 amide bonds. The van der Waals surface area contributed by atoms with Gasteiger partial charge in [0.1, 0.15) is 6.07 Å². The summed E-state index contributed by atoms with van der Waals surface area (Å²) in [5.74, 6) is 0.788. The van der Waals surface area contributed by atoms with Crippen molar-refractivity contribution in [3.8, 4) is 6.07 Å². The van der Waals surface area contributed by atoms with Crippen molar-refractivity contribution in [2.45, 2.75) is 0 Å². The third-order valence-corrected chi connectivity index (χ3v) is 2.45. The van der Waals surface area contributed by atoms with Crippen LogP contribution in [0.2, 0.25) is 0 Å². The lowest BCUT2D eigenvalue weighted by molar-refractivity contribution is 0.110. The molecule has 0 saturated carbocycles. The molecule has 2 rings (SSSR count). The summed E-state index contributed by atoms with van der Waals surface area (Å²) in [5.41, 5.74) is 1.29. The Kier molecular flexibility index (Phi) is 2.93. The van der Waals surface area contributed by atoms with E-state index in [2.05, 4.69) is 6.07 Å². The van der Waals surface area contributed by atoms with Gasteiger partial charge in [-0.15, -0.1) is 0 Å². The molecule has 1 aromatic heterocycles. The third kappa shape index (κ3) is 2.04. The van der Waals surface area contributed by atoms with Gasteiger partial charge in [-0.3, -0.25) is 4.79 Å². The average Bonchev–Trinajstić information content (AvgIpc) is 2.86. The highest BCUT2D eigenvalue weighted by Crippen LogP contribution is 2.27. The molecule has 0 aliphatic heterocycles. The predicted molar refractivity (Wildman–Crippen MR) is 63.3 cm³/mol. The summed E-state index contributed by atoms with van der Waals surface area (Å²) in [4.78, 5) is 12.3. The molecule has 17 heavy (non-hydrogen) atoms. The minimum atomic E-state index is 0.265. The standard InChI is InChI=1S/C13H10N2O2/c1-15(13-7-6-11(9-16)17-13)12-5-3-2-4-10(12)8-14/h2-7,9H,1H3. The molecule has 0 saturated heterocycles. The number of carbonyl (C=O) groups is 1. The summed E-state index contributed by atoms with van der Waals surface area (Å²) < 4.78 is 5.30. The van der Waals surface area contributed by atoms with Gasteiger partial charge in [-0.25, -0.2) is 0 Å². The number of furan rings is 1. The maximum atomic E-state index is 10.5. The van der Waals surface area contributed by atoms with Crippen LogP contribution in [0, 0.1) is 11.3 Å². The summed E-state index contributed by atoms with van der Waals surface area (Å²) in [6.07, 6.45) is 0.646. The monoisotopic (exact) mass is 226 g/mol. The predicted octanol–water partition coefficient (Wildman–Crippen LogP) is 2.73. The van der Waals surface area contributed by atoms with Crippen LogP contribution in [0.3, 0.4) is 0 Å². The fourth-order valence-corrected chi connectivity index (χ4v) is 1.57. The molecule has 0 atom stereocenters. The maximum Gasteiger partial charge on any atom is 0.200 e. The van der Waals surface area contributed by atoms with Gasteiger partial charge < -0.3 is 9.32 Å². The molecule has 84 valence electrons. The van der Waals surface area contributed by atoms with Crippen LogP contribution in [0.4, 0.5) is 11.6 Å². The molecule has 0 bridgehead atoms. The molecule has 0 unspecified atom stereocenters. The largest absolute Gasteiger partial charge is 0.437 e. The van der Waals surface area contributed by atoms with Crippen molar-refractivity contribution < 1.29 is 9.21 Å². The third-order valence-electron chi connectivity index (χ3n) is 2.45. The Bertz CT molecular complexity index is 581. The van der Waals surface area contributed by atoms with Crippen LogP contribution < -0.4 is 4.90 Å². The van der Waals surface area contributed by atoms with E-state index in [9.17, 15) is 4.79 Å². The summed E-state index contributed by atoms with van der Waals surface area (Å²) in [6.45, 7) is 0. The molecule has 2 aromatic rings. The molecule has 0 aliphatic rings. The number of hydrogen-bond acceptors (Lipinski definition) is 4. The number of rotatable bonds is 3. The topological polar surface area (TPSA) is 57.2 Å². The van der Waals surface area contributed by atoms with Gasteiger partial charge in [0, 0.05) is 13.1 Å². The molecular formula is C13H10N2O2. The number of hydrogen-bond donors (Lipinski definition) is 0. The highest BCUT2D eigenvalue weighted by Gasteiger charge is 2.11. The van der Waals surface area contributed by atoms with Gasteiger partial charge in [0.05, 0.1) is 11.3 Å². The van der Waals surface area contributed by atoms with Gasteiger partial charge >= 0.3 is 0 Å². The van der Waals surface area contributed by atoms with Crippen molar-refractivity contribution in [2.24, 2.45) is 0 Å². The van der Waals surface area contributed by atoms with Crippen LogP contribution >= 0.6 is 0 Å². The van der Waals surface area contributed by atoms with Crippen molar-refractivity contribution in [1.82, 2.24) is 0 Å². The Morgan fingerprint density at radius 2 is 2.06 bits per heavy atom. The zero-order chi connectivity index (χ0) is 12.3. The molecule has 4 nitrogen and oxygen atoms in total. The first-order chi connectivity index (χ1) is 8.26. The van der Waals surface area contributed by atoms with E-state index in [-0.39, 0.29) is 5.76 Å². The van der Waals surface area contributed by atoms with Crippen LogP contribution in [0.15, 0.2) is 40.8 Å². The normalized spacial score (nSPS) is 9.65. The number of nitrogens with zero attached hydrogens (tertiary/aromatic N) is 2. The van der Waals surface area contributed by atoms with Crippen LogP contribution in [0.5, 0.6) is 0 Å². The van der Waals surface area contributed by atoms with E-state index in [1.54, 1.807) is 36.2 Å². The van der Waals surface area contributed by atoms with E-state index >= 15 is 0 Å². The molecule has 0 aliphatic carbocycles. The Morgan fingerprint density at radius 1 is 1.29 bits per heavy atom. The number of benzene rings is 1. The fourth-order valence-electron chi connectivity index (χ4n) is 1.57. The molecule has 0 radical (unpaired) electrons. The second-order valence-corrected chi connectivity index (χ2v) is 3.48. The summed E-state index contributed by atoms with van der Waals surface area (Å²) in [7, 11) is 1.78. The lowest BCUT2D eigenvalue weighted by Gasteiger charge is -2.16.